The average molecular weight is 290 g/mol. The predicted octanol–water partition coefficient (Wildman–Crippen LogP) is 0.672. The smallest absolute Gasteiger partial charge is 0.341 e. The third-order valence-corrected chi connectivity index (χ3v) is 2.68. The molecule has 2 aromatic rings. The molecule has 0 saturated carbocycles. The van der Waals surface area contributed by atoms with Gasteiger partial charge in [0, 0.05) is 0 Å². The molecule has 7 nitrogen and oxygen atoms in total. The minimum atomic E-state index is -1.03. The van der Waals surface area contributed by atoms with Crippen molar-refractivity contribution in [2.75, 3.05) is 13.2 Å². The molecule has 2 aromatic carbocycles. The van der Waals surface area contributed by atoms with Crippen LogP contribution in [-0.4, -0.2) is 30.2 Å². The molecule has 7 heteroatoms. The van der Waals surface area contributed by atoms with Gasteiger partial charge >= 0.3 is 5.97 Å². The van der Waals surface area contributed by atoms with E-state index in [0.717, 1.165) is 10.8 Å². The van der Waals surface area contributed by atoms with Gasteiger partial charge in [-0.25, -0.2) is 10.6 Å². The second-order valence-electron chi connectivity index (χ2n) is 4.21. The van der Waals surface area contributed by atoms with Crippen LogP contribution in [0.3, 0.4) is 0 Å². The van der Waals surface area contributed by atoms with Crippen molar-refractivity contribution < 1.29 is 24.2 Å². The van der Waals surface area contributed by atoms with E-state index in [1.807, 2.05) is 5.43 Å². The van der Waals surface area contributed by atoms with Gasteiger partial charge in [-0.05, 0) is 35.0 Å². The molecular formula is C14H14N2O5. The highest BCUT2D eigenvalue weighted by Gasteiger charge is 2.04. The molecule has 4 N–H and O–H groups in total. The molecule has 0 aliphatic carbocycles. The number of fused-ring (bicyclic) bond motifs is 1. The summed E-state index contributed by atoms with van der Waals surface area (Å²) in [6, 6.07) is 10.4. The van der Waals surface area contributed by atoms with E-state index in [1.54, 1.807) is 36.4 Å². The number of nitrogens with two attached hydrogens (primary N) is 1. The van der Waals surface area contributed by atoms with Crippen LogP contribution < -0.4 is 20.7 Å². The Hall–Kier alpha value is -2.80. The molecule has 0 bridgehead atoms. The number of carbonyl (C=O) groups excluding carboxylic acids is 1. The van der Waals surface area contributed by atoms with E-state index in [4.69, 9.17) is 20.4 Å². The summed E-state index contributed by atoms with van der Waals surface area (Å²) in [4.78, 5) is 21.4. The van der Waals surface area contributed by atoms with Gasteiger partial charge in [-0.2, -0.15) is 0 Å². The van der Waals surface area contributed by atoms with Gasteiger partial charge in [-0.15, -0.1) is 0 Å². The zero-order valence-electron chi connectivity index (χ0n) is 11.0. The molecule has 0 fully saturated rings. The first-order valence-electron chi connectivity index (χ1n) is 6.09. The topological polar surface area (TPSA) is 111 Å². The van der Waals surface area contributed by atoms with Gasteiger partial charge in [0.15, 0.2) is 13.2 Å². The molecule has 0 saturated heterocycles. The Morgan fingerprint density at radius 2 is 1.52 bits per heavy atom. The number of hydrazine groups is 1. The number of hydrogen-bond donors (Lipinski definition) is 3. The number of carboxylic acid groups (broad SMARTS) is 1. The Labute approximate surface area is 120 Å². The molecule has 0 aromatic heterocycles. The van der Waals surface area contributed by atoms with Crippen LogP contribution in [0.4, 0.5) is 0 Å². The zero-order valence-corrected chi connectivity index (χ0v) is 11.0. The molecule has 0 radical (unpaired) electrons. The summed E-state index contributed by atoms with van der Waals surface area (Å²) in [5, 5.41) is 10.3. The van der Waals surface area contributed by atoms with Gasteiger partial charge in [-0.3, -0.25) is 10.2 Å². The highest BCUT2D eigenvalue weighted by molar-refractivity contribution is 5.85. The summed E-state index contributed by atoms with van der Waals surface area (Å²) >= 11 is 0. The van der Waals surface area contributed by atoms with Crippen LogP contribution in [0.25, 0.3) is 10.8 Å². The second-order valence-corrected chi connectivity index (χ2v) is 4.21. The molecule has 1 amide bonds. The van der Waals surface area contributed by atoms with Crippen molar-refractivity contribution in [3.63, 3.8) is 0 Å². The molecule has 0 aliphatic rings. The molecule has 0 spiro atoms. The maximum Gasteiger partial charge on any atom is 0.341 e. The number of nitrogens with one attached hydrogen (secondary N) is 1. The third-order valence-electron chi connectivity index (χ3n) is 2.68. The van der Waals surface area contributed by atoms with Gasteiger partial charge in [0.25, 0.3) is 5.91 Å². The van der Waals surface area contributed by atoms with Gasteiger partial charge in [0.1, 0.15) is 11.5 Å². The van der Waals surface area contributed by atoms with Crippen molar-refractivity contribution in [3.05, 3.63) is 36.4 Å². The second kappa shape index (κ2) is 6.58. The fourth-order valence-corrected chi connectivity index (χ4v) is 1.72. The molecule has 21 heavy (non-hydrogen) atoms. The van der Waals surface area contributed by atoms with Gasteiger partial charge in [0.2, 0.25) is 0 Å². The fraction of sp³-hybridized carbons (Fsp3) is 0.143. The Bertz CT molecular complexity index is 671. The van der Waals surface area contributed by atoms with Crippen LogP contribution >= 0.6 is 0 Å². The van der Waals surface area contributed by atoms with E-state index >= 15 is 0 Å². The van der Waals surface area contributed by atoms with Crippen molar-refractivity contribution in [2.24, 2.45) is 5.84 Å². The number of carboxylic acids is 1. The lowest BCUT2D eigenvalue weighted by atomic mass is 10.1. The number of amides is 1. The quantitative estimate of drug-likeness (QED) is 0.410. The molecule has 0 unspecified atom stereocenters. The van der Waals surface area contributed by atoms with Crippen LogP contribution in [0.5, 0.6) is 11.5 Å². The van der Waals surface area contributed by atoms with Gasteiger partial charge in [0.05, 0.1) is 0 Å². The molecular weight excluding hydrogens is 276 g/mol. The standard InChI is InChI=1S/C14H14N2O5/c15-16-13(17)7-20-11-3-1-10-6-12(21-8-14(18)19)4-2-9(10)5-11/h1-6H,7-8,15H2,(H,16,17)(H,18,19). The van der Waals surface area contributed by atoms with Crippen LogP contribution in [0, 0.1) is 0 Å². The third kappa shape index (κ3) is 4.08. The van der Waals surface area contributed by atoms with E-state index < -0.39 is 11.9 Å². The highest BCUT2D eigenvalue weighted by Crippen LogP contribution is 2.25. The lowest BCUT2D eigenvalue weighted by molar-refractivity contribution is -0.139. The molecule has 0 atom stereocenters. The normalized spacial score (nSPS) is 10.1. The van der Waals surface area contributed by atoms with E-state index in [2.05, 4.69) is 0 Å². The van der Waals surface area contributed by atoms with Crippen LogP contribution in [-0.2, 0) is 9.59 Å². The Morgan fingerprint density at radius 3 is 2.00 bits per heavy atom. The monoisotopic (exact) mass is 290 g/mol. The van der Waals surface area contributed by atoms with Crippen LogP contribution in [0.15, 0.2) is 36.4 Å². The molecule has 0 heterocycles. The number of rotatable bonds is 6. The summed E-state index contributed by atoms with van der Waals surface area (Å²) in [6.45, 7) is -0.553. The molecule has 2 rings (SSSR count). The van der Waals surface area contributed by atoms with Crippen molar-refractivity contribution in [3.8, 4) is 11.5 Å². The zero-order chi connectivity index (χ0) is 15.2. The van der Waals surface area contributed by atoms with E-state index in [9.17, 15) is 9.59 Å². The van der Waals surface area contributed by atoms with Gasteiger partial charge in [-0.1, -0.05) is 12.1 Å². The first kappa shape index (κ1) is 14.6. The SMILES string of the molecule is NNC(=O)COc1ccc2cc(OCC(=O)O)ccc2c1. The average Bonchev–Trinajstić information content (AvgIpc) is 2.50. The predicted molar refractivity (Wildman–Crippen MR) is 74.9 cm³/mol. The lowest BCUT2D eigenvalue weighted by Gasteiger charge is -2.08. The largest absolute Gasteiger partial charge is 0.484 e. The molecule has 110 valence electrons. The number of ether oxygens (including phenoxy) is 2. The first-order chi connectivity index (χ1) is 10.1. The van der Waals surface area contributed by atoms with Crippen LogP contribution in [0.1, 0.15) is 0 Å². The summed E-state index contributed by atoms with van der Waals surface area (Å²) in [5.41, 5.74) is 1.97. The summed E-state index contributed by atoms with van der Waals surface area (Å²) in [6.07, 6.45) is 0. The number of aliphatic carboxylic acids is 1. The van der Waals surface area contributed by atoms with E-state index in [-0.39, 0.29) is 13.2 Å². The molecule has 0 aliphatic heterocycles. The maximum atomic E-state index is 11.0. The highest BCUT2D eigenvalue weighted by atomic mass is 16.5. The van der Waals surface area contributed by atoms with Crippen molar-refractivity contribution in [2.45, 2.75) is 0 Å². The minimum Gasteiger partial charge on any atom is -0.484 e. The van der Waals surface area contributed by atoms with Crippen LogP contribution in [0.2, 0.25) is 0 Å². The minimum absolute atomic E-state index is 0.165. The Balaban J connectivity index is 2.11. The van der Waals surface area contributed by atoms with E-state index in [1.165, 1.54) is 0 Å². The number of hydrogen-bond acceptors (Lipinski definition) is 5. The summed E-state index contributed by atoms with van der Waals surface area (Å²) < 4.78 is 10.4. The van der Waals surface area contributed by atoms with E-state index in [0.29, 0.717) is 11.5 Å². The van der Waals surface area contributed by atoms with Gasteiger partial charge < -0.3 is 14.6 Å². The summed E-state index contributed by atoms with van der Waals surface area (Å²) in [5.74, 6) is 4.51. The first-order valence-corrected chi connectivity index (χ1v) is 6.09. The van der Waals surface area contributed by atoms with Crippen molar-refractivity contribution in [1.82, 2.24) is 5.43 Å². The Kier molecular flexibility index (Phi) is 4.57. The lowest BCUT2D eigenvalue weighted by Crippen LogP contribution is -2.34. The number of carbonyl (C=O) groups is 2. The fourth-order valence-electron chi connectivity index (χ4n) is 1.72. The van der Waals surface area contributed by atoms with Crippen molar-refractivity contribution >= 4 is 22.6 Å². The summed E-state index contributed by atoms with van der Waals surface area (Å²) in [7, 11) is 0. The number of benzene rings is 2. The van der Waals surface area contributed by atoms with Crippen molar-refractivity contribution in [1.29, 1.82) is 0 Å². The Morgan fingerprint density at radius 1 is 1.00 bits per heavy atom. The maximum absolute atomic E-state index is 11.0.